The molecule has 1 aliphatic rings. The lowest BCUT2D eigenvalue weighted by atomic mass is 9.97. The molecule has 1 aliphatic heterocycles. The van der Waals surface area contributed by atoms with Crippen molar-refractivity contribution in [3.05, 3.63) is 29.3 Å². The van der Waals surface area contributed by atoms with Gasteiger partial charge in [0, 0.05) is 12.6 Å². The number of benzene rings is 1. The van der Waals surface area contributed by atoms with Gasteiger partial charge in [0.25, 0.3) is 0 Å². The number of hydrogen-bond acceptors (Lipinski definition) is 2. The molecule has 1 aromatic rings. The predicted octanol–water partition coefficient (Wildman–Crippen LogP) is 4.00. The van der Waals surface area contributed by atoms with Gasteiger partial charge >= 0.3 is 0 Å². The summed E-state index contributed by atoms with van der Waals surface area (Å²) in [4.78, 5) is 1.85. The van der Waals surface area contributed by atoms with E-state index in [1.165, 1.54) is 0 Å². The molecule has 0 bridgehead atoms. The number of anilines is 1. The molecule has 0 saturated carbocycles. The molecule has 1 fully saturated rings. The van der Waals surface area contributed by atoms with Crippen LogP contribution < -0.4 is 4.90 Å². The monoisotopic (exact) mass is 264 g/mol. The molecule has 1 saturated heterocycles. The Hall–Kier alpha value is -1.63. The first-order chi connectivity index (χ1) is 9.17. The van der Waals surface area contributed by atoms with E-state index in [9.17, 15) is 8.78 Å². The first kappa shape index (κ1) is 13.8. The third kappa shape index (κ3) is 2.86. The summed E-state index contributed by atoms with van der Waals surface area (Å²) >= 11 is 0. The van der Waals surface area contributed by atoms with E-state index in [-0.39, 0.29) is 17.3 Å². The highest BCUT2D eigenvalue weighted by Gasteiger charge is 2.27. The van der Waals surface area contributed by atoms with E-state index < -0.39 is 11.6 Å². The highest BCUT2D eigenvalue weighted by atomic mass is 19.1. The molecule has 0 amide bonds. The SMILES string of the molecule is CCCC1CCCCN1c1c(F)cc(C#N)cc1F. The minimum atomic E-state index is -0.625. The zero-order valence-corrected chi connectivity index (χ0v) is 11.1. The molecule has 1 unspecified atom stereocenters. The molecule has 19 heavy (non-hydrogen) atoms. The summed E-state index contributed by atoms with van der Waals surface area (Å²) in [5, 5.41) is 8.73. The average Bonchev–Trinajstić information content (AvgIpc) is 2.40. The minimum absolute atomic E-state index is 0.0304. The van der Waals surface area contributed by atoms with E-state index in [4.69, 9.17) is 5.26 Å². The van der Waals surface area contributed by atoms with Crippen LogP contribution in [-0.2, 0) is 0 Å². The summed E-state index contributed by atoms with van der Waals surface area (Å²) in [6, 6.07) is 4.22. The van der Waals surface area contributed by atoms with E-state index in [1.807, 2.05) is 4.90 Å². The van der Waals surface area contributed by atoms with Crippen molar-refractivity contribution in [2.75, 3.05) is 11.4 Å². The molecule has 2 rings (SSSR count). The number of hydrogen-bond donors (Lipinski definition) is 0. The van der Waals surface area contributed by atoms with Crippen LogP contribution in [0.1, 0.15) is 44.6 Å². The van der Waals surface area contributed by atoms with Crippen molar-refractivity contribution in [3.8, 4) is 6.07 Å². The van der Waals surface area contributed by atoms with Gasteiger partial charge in [-0.25, -0.2) is 8.78 Å². The molecule has 0 radical (unpaired) electrons. The molecule has 4 heteroatoms. The normalized spacial score (nSPS) is 19.3. The second-order valence-corrected chi connectivity index (χ2v) is 5.03. The topological polar surface area (TPSA) is 27.0 Å². The molecule has 1 aromatic carbocycles. The van der Waals surface area contributed by atoms with Crippen molar-refractivity contribution in [1.29, 1.82) is 5.26 Å². The van der Waals surface area contributed by atoms with Crippen molar-refractivity contribution < 1.29 is 8.78 Å². The van der Waals surface area contributed by atoms with Gasteiger partial charge in [-0.1, -0.05) is 13.3 Å². The van der Waals surface area contributed by atoms with Gasteiger partial charge in [0.15, 0.2) is 11.6 Å². The summed E-state index contributed by atoms with van der Waals surface area (Å²) in [5.74, 6) is -1.25. The lowest BCUT2D eigenvalue weighted by Gasteiger charge is -2.38. The fourth-order valence-electron chi connectivity index (χ4n) is 2.83. The zero-order valence-electron chi connectivity index (χ0n) is 11.1. The Balaban J connectivity index is 2.36. The van der Waals surface area contributed by atoms with Crippen LogP contribution in [0.5, 0.6) is 0 Å². The second-order valence-electron chi connectivity index (χ2n) is 5.03. The Labute approximate surface area is 112 Å². The molecule has 0 aromatic heterocycles. The van der Waals surface area contributed by atoms with Gasteiger partial charge in [-0.05, 0) is 37.8 Å². The number of nitrogens with zero attached hydrogens (tertiary/aromatic N) is 2. The van der Waals surface area contributed by atoms with Crippen LogP contribution in [0.3, 0.4) is 0 Å². The van der Waals surface area contributed by atoms with Crippen molar-refractivity contribution in [2.24, 2.45) is 0 Å². The third-order valence-corrected chi connectivity index (χ3v) is 3.68. The summed E-state index contributed by atoms with van der Waals surface area (Å²) in [7, 11) is 0. The first-order valence-electron chi connectivity index (χ1n) is 6.83. The third-order valence-electron chi connectivity index (χ3n) is 3.68. The maximum Gasteiger partial charge on any atom is 0.150 e. The zero-order chi connectivity index (χ0) is 13.8. The van der Waals surface area contributed by atoms with E-state index in [0.29, 0.717) is 6.54 Å². The molecular weight excluding hydrogens is 246 g/mol. The molecule has 0 spiro atoms. The Morgan fingerprint density at radius 2 is 2.00 bits per heavy atom. The van der Waals surface area contributed by atoms with Gasteiger partial charge in [-0.2, -0.15) is 5.26 Å². The van der Waals surface area contributed by atoms with Gasteiger partial charge in [-0.15, -0.1) is 0 Å². The van der Waals surface area contributed by atoms with Crippen LogP contribution in [0.2, 0.25) is 0 Å². The lowest BCUT2D eigenvalue weighted by molar-refractivity contribution is 0.421. The van der Waals surface area contributed by atoms with Crippen LogP contribution in [0.4, 0.5) is 14.5 Å². The van der Waals surface area contributed by atoms with Crippen LogP contribution in [-0.4, -0.2) is 12.6 Å². The standard InChI is InChI=1S/C15H18F2N2/c1-2-5-12-6-3-4-7-19(12)15-13(16)8-11(10-18)9-14(15)17/h8-9,12H,2-7H2,1H3. The largest absolute Gasteiger partial charge is 0.364 e. The van der Waals surface area contributed by atoms with Crippen molar-refractivity contribution in [3.63, 3.8) is 0 Å². The molecule has 0 N–H and O–H groups in total. The molecule has 0 aliphatic carbocycles. The highest BCUT2D eigenvalue weighted by Crippen LogP contribution is 2.32. The summed E-state index contributed by atoms with van der Waals surface area (Å²) in [6.07, 6.45) is 4.99. The van der Waals surface area contributed by atoms with Crippen molar-refractivity contribution in [2.45, 2.75) is 45.1 Å². The van der Waals surface area contributed by atoms with Gasteiger partial charge in [0.2, 0.25) is 0 Å². The van der Waals surface area contributed by atoms with Gasteiger partial charge in [0.1, 0.15) is 5.69 Å². The van der Waals surface area contributed by atoms with Crippen LogP contribution >= 0.6 is 0 Å². The lowest BCUT2D eigenvalue weighted by Crippen LogP contribution is -2.40. The Morgan fingerprint density at radius 1 is 1.32 bits per heavy atom. The number of nitriles is 1. The average molecular weight is 264 g/mol. The Kier molecular flexibility index (Phi) is 4.36. The van der Waals surface area contributed by atoms with Gasteiger partial charge in [-0.3, -0.25) is 0 Å². The second kappa shape index (κ2) is 6.01. The number of halogens is 2. The maximum atomic E-state index is 14.1. The number of rotatable bonds is 3. The fraction of sp³-hybridized carbons (Fsp3) is 0.533. The van der Waals surface area contributed by atoms with E-state index >= 15 is 0 Å². The Morgan fingerprint density at radius 3 is 2.58 bits per heavy atom. The number of piperidine rings is 1. The van der Waals surface area contributed by atoms with Crippen molar-refractivity contribution >= 4 is 5.69 Å². The van der Waals surface area contributed by atoms with Gasteiger partial charge < -0.3 is 4.90 Å². The molecular formula is C15H18F2N2. The predicted molar refractivity (Wildman–Crippen MR) is 71.0 cm³/mol. The molecule has 102 valence electrons. The van der Waals surface area contributed by atoms with Gasteiger partial charge in [0.05, 0.1) is 11.6 Å². The van der Waals surface area contributed by atoms with Crippen LogP contribution in [0.25, 0.3) is 0 Å². The fourth-order valence-corrected chi connectivity index (χ4v) is 2.83. The van der Waals surface area contributed by atoms with E-state index in [1.54, 1.807) is 6.07 Å². The highest BCUT2D eigenvalue weighted by molar-refractivity contribution is 5.53. The summed E-state index contributed by atoms with van der Waals surface area (Å²) < 4.78 is 28.1. The summed E-state index contributed by atoms with van der Waals surface area (Å²) in [6.45, 7) is 2.77. The smallest absolute Gasteiger partial charge is 0.150 e. The van der Waals surface area contributed by atoms with Crippen LogP contribution in [0, 0.1) is 23.0 Å². The summed E-state index contributed by atoms with van der Waals surface area (Å²) in [5.41, 5.74) is 0.0694. The minimum Gasteiger partial charge on any atom is -0.364 e. The van der Waals surface area contributed by atoms with Crippen LogP contribution in [0.15, 0.2) is 12.1 Å². The first-order valence-corrected chi connectivity index (χ1v) is 6.83. The van der Waals surface area contributed by atoms with E-state index in [0.717, 1.165) is 44.2 Å². The van der Waals surface area contributed by atoms with Crippen molar-refractivity contribution in [1.82, 2.24) is 0 Å². The maximum absolute atomic E-state index is 14.1. The molecule has 1 atom stereocenters. The Bertz CT molecular complexity index is 468. The quantitative estimate of drug-likeness (QED) is 0.825. The molecule has 2 nitrogen and oxygen atoms in total. The van der Waals surface area contributed by atoms with E-state index in [2.05, 4.69) is 6.92 Å². The molecule has 1 heterocycles.